The van der Waals surface area contributed by atoms with Crippen LogP contribution in [0.1, 0.15) is 29.8 Å². The van der Waals surface area contributed by atoms with Gasteiger partial charge in [0.25, 0.3) is 5.56 Å². The predicted molar refractivity (Wildman–Crippen MR) is 165 cm³/mol. The first-order valence-electron chi connectivity index (χ1n) is 14.3. The number of rotatable bonds is 12. The minimum atomic E-state index is -1.14. The van der Waals surface area contributed by atoms with Crippen LogP contribution in [-0.4, -0.2) is 76.0 Å². The molecule has 1 atom stereocenters. The number of hydrogen-bond donors (Lipinski definition) is 0. The SMILES string of the molecule is CN(C)C(=O)/C=C/CC[C@H](OC(=O)N(C)C)C(=O)Cc1cccn(Cc2nc3ccc(F)cc3n2Cc2ccc(F)cc2)c1=O. The van der Waals surface area contributed by atoms with E-state index in [1.54, 1.807) is 55.2 Å². The Morgan fingerprint density at radius 3 is 2.36 bits per heavy atom. The molecule has 2 aromatic heterocycles. The number of hydrogen-bond acceptors (Lipinski definition) is 6. The molecule has 4 aromatic rings. The van der Waals surface area contributed by atoms with E-state index in [9.17, 15) is 28.0 Å². The number of imidazole rings is 1. The summed E-state index contributed by atoms with van der Waals surface area (Å²) < 4.78 is 36.3. The number of ketones is 1. The second kappa shape index (κ2) is 14.6. The molecule has 0 spiro atoms. The van der Waals surface area contributed by atoms with Crippen LogP contribution in [0.3, 0.4) is 0 Å². The van der Waals surface area contributed by atoms with Crippen molar-refractivity contribution in [2.75, 3.05) is 28.2 Å². The van der Waals surface area contributed by atoms with Crippen molar-refractivity contribution < 1.29 is 27.9 Å². The average molecular weight is 620 g/mol. The van der Waals surface area contributed by atoms with E-state index in [4.69, 9.17) is 4.74 Å². The zero-order valence-corrected chi connectivity index (χ0v) is 25.6. The van der Waals surface area contributed by atoms with Crippen molar-refractivity contribution in [3.05, 3.63) is 112 Å². The van der Waals surface area contributed by atoms with Gasteiger partial charge in [-0.25, -0.2) is 18.6 Å². The van der Waals surface area contributed by atoms with Gasteiger partial charge in [0.05, 0.1) is 17.6 Å². The summed E-state index contributed by atoms with van der Waals surface area (Å²) in [5.41, 5.74) is 1.55. The van der Waals surface area contributed by atoms with Crippen molar-refractivity contribution in [3.8, 4) is 0 Å². The summed E-state index contributed by atoms with van der Waals surface area (Å²) in [6.07, 6.45) is 2.83. The molecule has 0 saturated heterocycles. The number of aromatic nitrogens is 3. The van der Waals surface area contributed by atoms with Gasteiger partial charge < -0.3 is 23.7 Å². The molecule has 12 heteroatoms. The number of fused-ring (bicyclic) bond motifs is 1. The predicted octanol–water partition coefficient (Wildman–Crippen LogP) is 4.18. The van der Waals surface area contributed by atoms with E-state index < -0.39 is 29.4 Å². The average Bonchev–Trinajstić information content (AvgIpc) is 3.32. The molecule has 45 heavy (non-hydrogen) atoms. The summed E-state index contributed by atoms with van der Waals surface area (Å²) in [6, 6.07) is 13.3. The molecule has 0 aliphatic carbocycles. The Kier molecular flexibility index (Phi) is 10.6. The van der Waals surface area contributed by atoms with Gasteiger partial charge in [0.15, 0.2) is 11.9 Å². The summed E-state index contributed by atoms with van der Waals surface area (Å²) in [7, 11) is 6.22. The van der Waals surface area contributed by atoms with Crippen LogP contribution in [0.2, 0.25) is 0 Å². The molecule has 0 bridgehead atoms. The highest BCUT2D eigenvalue weighted by molar-refractivity contribution is 5.88. The third-order valence-corrected chi connectivity index (χ3v) is 7.08. The lowest BCUT2D eigenvalue weighted by molar-refractivity contribution is -0.127. The fraction of sp³-hybridized carbons (Fsp3) is 0.303. The minimum Gasteiger partial charge on any atom is -0.438 e. The third-order valence-electron chi connectivity index (χ3n) is 7.08. The van der Waals surface area contributed by atoms with Crippen LogP contribution in [0.25, 0.3) is 11.0 Å². The summed E-state index contributed by atoms with van der Waals surface area (Å²) in [5.74, 6) is -1.05. The Morgan fingerprint density at radius 2 is 1.67 bits per heavy atom. The van der Waals surface area contributed by atoms with Crippen LogP contribution < -0.4 is 5.56 Å². The highest BCUT2D eigenvalue weighted by atomic mass is 19.1. The van der Waals surface area contributed by atoms with Gasteiger partial charge in [-0.2, -0.15) is 0 Å². The van der Waals surface area contributed by atoms with Gasteiger partial charge in [-0.05, 0) is 60.9 Å². The summed E-state index contributed by atoms with van der Waals surface area (Å²) in [5, 5.41) is 0. The molecule has 0 unspecified atom stereocenters. The molecule has 10 nitrogen and oxygen atoms in total. The van der Waals surface area contributed by atoms with Crippen LogP contribution in [0.5, 0.6) is 0 Å². The van der Waals surface area contributed by atoms with Gasteiger partial charge in [0, 0.05) is 52.9 Å². The molecule has 0 N–H and O–H groups in total. The molecule has 2 heterocycles. The summed E-state index contributed by atoms with van der Waals surface area (Å²) in [6.45, 7) is 0.276. The summed E-state index contributed by atoms with van der Waals surface area (Å²) >= 11 is 0. The maximum absolute atomic E-state index is 14.2. The molecule has 4 rings (SSSR count). The maximum atomic E-state index is 14.2. The second-order valence-corrected chi connectivity index (χ2v) is 11.0. The van der Waals surface area contributed by atoms with Gasteiger partial charge in [-0.15, -0.1) is 0 Å². The zero-order chi connectivity index (χ0) is 32.7. The number of carbonyl (C=O) groups excluding carboxylic acids is 3. The number of amides is 2. The minimum absolute atomic E-state index is 0.0160. The first-order valence-corrected chi connectivity index (χ1v) is 14.3. The van der Waals surface area contributed by atoms with E-state index in [1.807, 2.05) is 0 Å². The smallest absolute Gasteiger partial charge is 0.409 e. The molecule has 0 aliphatic rings. The van der Waals surface area contributed by atoms with E-state index in [0.29, 0.717) is 23.3 Å². The fourth-order valence-electron chi connectivity index (χ4n) is 4.61. The molecule has 0 radical (unpaired) electrons. The van der Waals surface area contributed by atoms with E-state index in [0.717, 1.165) is 5.56 Å². The first-order chi connectivity index (χ1) is 21.4. The Balaban J connectivity index is 1.58. The van der Waals surface area contributed by atoms with Gasteiger partial charge in [-0.1, -0.05) is 24.3 Å². The lowest BCUT2D eigenvalue weighted by Gasteiger charge is -2.19. The molecule has 236 valence electrons. The van der Waals surface area contributed by atoms with Gasteiger partial charge in [0.1, 0.15) is 17.5 Å². The van der Waals surface area contributed by atoms with Gasteiger partial charge in [-0.3, -0.25) is 14.4 Å². The first kappa shape index (κ1) is 32.8. The lowest BCUT2D eigenvalue weighted by atomic mass is 10.0. The molecular formula is C33H35F2N5O5. The number of carbonyl (C=O) groups is 3. The normalized spacial score (nSPS) is 12.0. The zero-order valence-electron chi connectivity index (χ0n) is 25.6. The van der Waals surface area contributed by atoms with Gasteiger partial charge in [0.2, 0.25) is 5.91 Å². The molecular weight excluding hydrogens is 584 g/mol. The fourth-order valence-corrected chi connectivity index (χ4v) is 4.61. The Morgan fingerprint density at radius 1 is 0.956 bits per heavy atom. The van der Waals surface area contributed by atoms with Crippen LogP contribution >= 0.6 is 0 Å². The standard InChI is InChI=1S/C33H35F2N5O5/c1-37(2)31(42)10-6-5-9-29(45-33(44)38(3)4)28(41)18-23-8-7-17-39(32(23)43)21-30-36-26-16-15-25(35)19-27(26)40(30)20-22-11-13-24(34)14-12-22/h6-8,10-17,19,29H,5,9,18,20-21H2,1-4H3/b10-6+/t29-/m0/s1. The number of allylic oxidation sites excluding steroid dienone is 1. The number of pyridine rings is 1. The van der Waals surface area contributed by atoms with Crippen molar-refractivity contribution in [1.29, 1.82) is 0 Å². The quantitative estimate of drug-likeness (QED) is 0.221. The molecule has 0 aliphatic heterocycles. The highest BCUT2D eigenvalue weighted by Crippen LogP contribution is 2.20. The Bertz CT molecular complexity index is 1780. The van der Waals surface area contributed by atoms with E-state index in [2.05, 4.69) is 4.98 Å². The molecule has 0 fully saturated rings. The van der Waals surface area contributed by atoms with Crippen LogP contribution in [0, 0.1) is 11.6 Å². The molecule has 2 amide bonds. The topological polar surface area (TPSA) is 107 Å². The Hall–Kier alpha value is -5.13. The lowest BCUT2D eigenvalue weighted by Crippen LogP contribution is -2.35. The Labute approximate surface area is 259 Å². The number of nitrogens with zero attached hydrogens (tertiary/aromatic N) is 5. The number of ether oxygens (including phenoxy) is 1. The molecule has 0 saturated carbocycles. The maximum Gasteiger partial charge on any atom is 0.409 e. The third kappa shape index (κ3) is 8.49. The highest BCUT2D eigenvalue weighted by Gasteiger charge is 2.25. The largest absolute Gasteiger partial charge is 0.438 e. The molecule has 2 aromatic carbocycles. The van der Waals surface area contributed by atoms with Crippen molar-refractivity contribution in [3.63, 3.8) is 0 Å². The number of halogens is 2. The van der Waals surface area contributed by atoms with Crippen LogP contribution in [0.15, 0.2) is 77.7 Å². The van der Waals surface area contributed by atoms with E-state index in [1.165, 1.54) is 64.9 Å². The second-order valence-electron chi connectivity index (χ2n) is 11.0. The van der Waals surface area contributed by atoms with Crippen molar-refractivity contribution >= 4 is 28.8 Å². The van der Waals surface area contributed by atoms with Crippen LogP contribution in [-0.2, 0) is 33.8 Å². The van der Waals surface area contributed by atoms with Crippen molar-refractivity contribution in [2.45, 2.75) is 38.5 Å². The summed E-state index contributed by atoms with van der Waals surface area (Å²) in [4.78, 5) is 58.2. The number of likely N-dealkylation sites (N-methyl/N-ethyl adjacent to an activating group) is 1. The number of benzene rings is 2. The van der Waals surface area contributed by atoms with E-state index >= 15 is 0 Å². The monoisotopic (exact) mass is 619 g/mol. The number of Topliss-reactive ketones (excluding diaryl/α,β-unsaturated/α-hetero) is 1. The van der Waals surface area contributed by atoms with Gasteiger partial charge >= 0.3 is 6.09 Å². The van der Waals surface area contributed by atoms with Crippen LogP contribution in [0.4, 0.5) is 13.6 Å². The van der Waals surface area contributed by atoms with E-state index in [-0.39, 0.29) is 43.2 Å². The van der Waals surface area contributed by atoms with Crippen molar-refractivity contribution in [1.82, 2.24) is 23.9 Å². The van der Waals surface area contributed by atoms with Crippen molar-refractivity contribution in [2.24, 2.45) is 0 Å².